The molecule has 1 amide bonds. The van der Waals surface area contributed by atoms with E-state index in [2.05, 4.69) is 127 Å². The SMILES string of the molecule is COC(C)c1ncc(N2CCN(C(=O)OCc3ccccc3)CC2)cc1-c1[nH]c2cc(F)c(Br)cc2c1CC(C)(C)CO[Si](c1ccccc1)(c1ccccc1)C(C)(C)C. The fraction of sp³-hybridized carbons (Fsp3) is 0.347. The van der Waals surface area contributed by atoms with Crippen LogP contribution in [0, 0.1) is 11.2 Å². The molecule has 3 heterocycles. The van der Waals surface area contributed by atoms with Gasteiger partial charge in [0.2, 0.25) is 0 Å². The lowest BCUT2D eigenvalue weighted by Gasteiger charge is -2.44. The van der Waals surface area contributed by atoms with Gasteiger partial charge in [-0.05, 0) is 79.4 Å². The zero-order valence-electron chi connectivity index (χ0n) is 35.7. The summed E-state index contributed by atoms with van der Waals surface area (Å²) in [5.41, 5.74) is 5.82. The first-order valence-electron chi connectivity index (χ1n) is 20.7. The molecule has 8 nitrogen and oxygen atoms in total. The zero-order chi connectivity index (χ0) is 42.7. The van der Waals surface area contributed by atoms with Crippen LogP contribution in [0.25, 0.3) is 22.2 Å². The minimum absolute atomic E-state index is 0.175. The first kappa shape index (κ1) is 43.3. The van der Waals surface area contributed by atoms with Crippen molar-refractivity contribution in [3.63, 3.8) is 0 Å². The second-order valence-corrected chi connectivity index (χ2v) is 22.8. The standard InChI is InChI=1S/C49H56BrFN4O4Si/c1-34(57-7)45-40(27-36(31-52-45)54-23-25-55(26-24-54)47(56)58-32-35-17-11-8-12-18-35)46-41(39-28-42(50)43(51)29-44(39)53-46)30-49(5,6)33-59-60(48(2,3)4,37-19-13-9-14-20-37)38-21-15-10-16-22-38/h8-22,27-29,31,34,53H,23-26,30,32-33H2,1-7H3. The summed E-state index contributed by atoms with van der Waals surface area (Å²) in [6.45, 7) is 16.4. The third kappa shape index (κ3) is 9.10. The number of nitrogens with zero attached hydrogens (tertiary/aromatic N) is 3. The molecule has 7 rings (SSSR count). The smallest absolute Gasteiger partial charge is 0.410 e. The maximum atomic E-state index is 15.3. The lowest BCUT2D eigenvalue weighted by atomic mass is 9.84. The number of hydrogen-bond donors (Lipinski definition) is 1. The van der Waals surface area contributed by atoms with Crippen molar-refractivity contribution in [2.75, 3.05) is 44.8 Å². The fourth-order valence-electron chi connectivity index (χ4n) is 8.48. The van der Waals surface area contributed by atoms with Crippen molar-refractivity contribution in [2.24, 2.45) is 5.41 Å². The Morgan fingerprint density at radius 3 is 2.07 bits per heavy atom. The Labute approximate surface area is 363 Å². The molecule has 4 aromatic carbocycles. The van der Waals surface area contributed by atoms with Crippen LogP contribution in [0.4, 0.5) is 14.9 Å². The first-order valence-corrected chi connectivity index (χ1v) is 23.4. The van der Waals surface area contributed by atoms with Crippen LogP contribution in [0.3, 0.4) is 0 Å². The predicted molar refractivity (Wildman–Crippen MR) is 246 cm³/mol. The predicted octanol–water partition coefficient (Wildman–Crippen LogP) is 10.4. The van der Waals surface area contributed by atoms with Crippen LogP contribution in [0.5, 0.6) is 0 Å². The van der Waals surface area contributed by atoms with Crippen molar-refractivity contribution in [3.05, 3.63) is 143 Å². The fourth-order valence-corrected chi connectivity index (χ4v) is 13.6. The molecule has 1 N–H and O–H groups in total. The van der Waals surface area contributed by atoms with Gasteiger partial charge in [0.1, 0.15) is 12.4 Å². The van der Waals surface area contributed by atoms with E-state index in [1.165, 1.54) is 10.4 Å². The summed E-state index contributed by atoms with van der Waals surface area (Å²) in [5, 5.41) is 3.22. The molecule has 1 atom stereocenters. The van der Waals surface area contributed by atoms with Gasteiger partial charge in [0.25, 0.3) is 8.32 Å². The number of aromatic amines is 1. The van der Waals surface area contributed by atoms with Gasteiger partial charge in [-0.3, -0.25) is 4.98 Å². The Hall–Kier alpha value is -4.81. The average Bonchev–Trinajstić information content (AvgIpc) is 3.58. The molecule has 11 heteroatoms. The number of piperazine rings is 1. The molecule has 60 heavy (non-hydrogen) atoms. The normalized spacial score (nSPS) is 14.4. The Kier molecular flexibility index (Phi) is 13.0. The Morgan fingerprint density at radius 1 is 0.883 bits per heavy atom. The quantitative estimate of drug-likeness (QED) is 0.116. The van der Waals surface area contributed by atoms with Crippen molar-refractivity contribution in [1.82, 2.24) is 14.9 Å². The van der Waals surface area contributed by atoms with Gasteiger partial charge in [-0.25, -0.2) is 9.18 Å². The molecule has 2 aromatic heterocycles. The summed E-state index contributed by atoms with van der Waals surface area (Å²) in [4.78, 5) is 25.7. The van der Waals surface area contributed by atoms with E-state index < -0.39 is 8.32 Å². The van der Waals surface area contributed by atoms with Crippen LogP contribution < -0.4 is 15.3 Å². The van der Waals surface area contributed by atoms with Crippen LogP contribution in [0.15, 0.2) is 120 Å². The highest BCUT2D eigenvalue weighted by atomic mass is 79.9. The molecule has 1 aliphatic rings. The van der Waals surface area contributed by atoms with E-state index in [9.17, 15) is 4.79 Å². The molecule has 1 saturated heterocycles. The number of halogens is 2. The van der Waals surface area contributed by atoms with Crippen molar-refractivity contribution >= 4 is 57.3 Å². The monoisotopic (exact) mass is 890 g/mol. The molecule has 314 valence electrons. The number of benzene rings is 4. The lowest BCUT2D eigenvalue weighted by Crippen LogP contribution is -2.67. The third-order valence-electron chi connectivity index (χ3n) is 11.7. The molecule has 6 aromatic rings. The molecular weight excluding hydrogens is 836 g/mol. The largest absolute Gasteiger partial charge is 0.445 e. The molecule has 0 bridgehead atoms. The number of ether oxygens (including phenoxy) is 2. The molecule has 0 spiro atoms. The number of fused-ring (bicyclic) bond motifs is 1. The number of anilines is 1. The number of carbonyl (C=O) groups excluding carboxylic acids is 1. The van der Waals surface area contributed by atoms with Crippen LogP contribution >= 0.6 is 15.9 Å². The Morgan fingerprint density at radius 2 is 1.48 bits per heavy atom. The van der Waals surface area contributed by atoms with Gasteiger partial charge in [-0.15, -0.1) is 0 Å². The summed E-state index contributed by atoms with van der Waals surface area (Å²) in [6.07, 6.45) is 1.88. The van der Waals surface area contributed by atoms with Gasteiger partial charge in [0.05, 0.1) is 33.8 Å². The van der Waals surface area contributed by atoms with E-state index in [4.69, 9.17) is 18.9 Å². The van der Waals surface area contributed by atoms with Gasteiger partial charge in [0.15, 0.2) is 0 Å². The summed E-state index contributed by atoms with van der Waals surface area (Å²) in [5.74, 6) is -0.339. The minimum Gasteiger partial charge on any atom is -0.445 e. The van der Waals surface area contributed by atoms with Crippen molar-refractivity contribution in [2.45, 2.75) is 65.7 Å². The number of H-pyrrole nitrogens is 1. The van der Waals surface area contributed by atoms with E-state index >= 15 is 4.39 Å². The number of carbonyl (C=O) groups is 1. The number of rotatable bonds is 13. The van der Waals surface area contributed by atoms with E-state index in [0.717, 1.165) is 39.2 Å². The van der Waals surface area contributed by atoms with Gasteiger partial charge in [0, 0.05) is 56.4 Å². The maximum Gasteiger partial charge on any atom is 0.410 e. The molecule has 0 radical (unpaired) electrons. The lowest BCUT2D eigenvalue weighted by molar-refractivity contribution is 0.0941. The Bertz CT molecular complexity index is 2360. The minimum atomic E-state index is -2.83. The number of amides is 1. The van der Waals surface area contributed by atoms with E-state index in [-0.39, 0.29) is 35.1 Å². The summed E-state index contributed by atoms with van der Waals surface area (Å²) in [6, 6.07) is 36.7. The van der Waals surface area contributed by atoms with Gasteiger partial charge in [-0.2, -0.15) is 0 Å². The topological polar surface area (TPSA) is 79.9 Å². The average molecular weight is 892 g/mol. The summed E-state index contributed by atoms with van der Waals surface area (Å²) >= 11 is 3.49. The number of nitrogens with one attached hydrogen (secondary N) is 1. The molecular formula is C49H56BrFN4O4Si. The van der Waals surface area contributed by atoms with Crippen LogP contribution in [-0.2, 0) is 26.9 Å². The van der Waals surface area contributed by atoms with Crippen molar-refractivity contribution in [1.29, 1.82) is 0 Å². The number of hydrogen-bond acceptors (Lipinski definition) is 6. The molecule has 0 aliphatic carbocycles. The van der Waals surface area contributed by atoms with Crippen LogP contribution in [-0.4, -0.2) is 69.2 Å². The zero-order valence-corrected chi connectivity index (χ0v) is 38.3. The molecule has 0 saturated carbocycles. The number of methoxy groups -OCH3 is 1. The Balaban J connectivity index is 1.22. The van der Waals surface area contributed by atoms with Gasteiger partial charge in [-0.1, -0.05) is 126 Å². The van der Waals surface area contributed by atoms with Crippen molar-refractivity contribution < 1.29 is 23.1 Å². The second-order valence-electron chi connectivity index (χ2n) is 17.6. The number of aromatic nitrogens is 2. The van der Waals surface area contributed by atoms with Gasteiger partial charge < -0.3 is 28.7 Å². The molecule has 1 unspecified atom stereocenters. The van der Waals surface area contributed by atoms with Crippen LogP contribution in [0.2, 0.25) is 5.04 Å². The van der Waals surface area contributed by atoms with E-state index in [0.29, 0.717) is 49.2 Å². The van der Waals surface area contributed by atoms with Gasteiger partial charge >= 0.3 is 6.09 Å². The first-order chi connectivity index (χ1) is 28.7. The highest BCUT2D eigenvalue weighted by molar-refractivity contribution is 9.10. The summed E-state index contributed by atoms with van der Waals surface area (Å²) < 4.78 is 34.7. The highest BCUT2D eigenvalue weighted by Gasteiger charge is 2.51. The highest BCUT2D eigenvalue weighted by Crippen LogP contribution is 2.42. The van der Waals surface area contributed by atoms with E-state index in [1.807, 2.05) is 49.5 Å². The van der Waals surface area contributed by atoms with Crippen molar-refractivity contribution in [3.8, 4) is 11.3 Å². The summed E-state index contributed by atoms with van der Waals surface area (Å²) in [7, 11) is -1.14. The third-order valence-corrected chi connectivity index (χ3v) is 17.3. The molecule has 1 fully saturated rings. The number of pyridine rings is 1. The second kappa shape index (κ2) is 18.0. The maximum absolute atomic E-state index is 15.3. The molecule has 1 aliphatic heterocycles. The van der Waals surface area contributed by atoms with E-state index in [1.54, 1.807) is 18.1 Å². The van der Waals surface area contributed by atoms with Crippen LogP contribution in [0.1, 0.15) is 64.5 Å².